The third kappa shape index (κ3) is 2.44. The molecule has 0 unspecified atom stereocenters. The summed E-state index contributed by atoms with van der Waals surface area (Å²) in [4.78, 5) is 16.2. The zero-order valence-electron chi connectivity index (χ0n) is 10.2. The molecule has 0 fully saturated rings. The molecule has 0 atom stereocenters. The summed E-state index contributed by atoms with van der Waals surface area (Å²) in [7, 11) is 0. The van der Waals surface area contributed by atoms with Crippen LogP contribution in [0.2, 0.25) is 0 Å². The lowest BCUT2D eigenvalue weighted by Crippen LogP contribution is -2.42. The molecule has 2 rings (SSSR count). The highest BCUT2D eigenvalue weighted by Crippen LogP contribution is 2.24. The van der Waals surface area contributed by atoms with Crippen molar-refractivity contribution in [2.75, 3.05) is 5.73 Å². The first-order valence-corrected chi connectivity index (χ1v) is 6.19. The number of nitrogen functional groups attached to an aromatic ring is 1. The number of thiazole rings is 1. The summed E-state index contributed by atoms with van der Waals surface area (Å²) in [6.07, 6.45) is 5.34. The van der Waals surface area contributed by atoms with Crippen LogP contribution in [0, 0.1) is 12.3 Å². The fourth-order valence-corrected chi connectivity index (χ4v) is 2.25. The smallest absolute Gasteiger partial charge is 0.252 e. The molecule has 0 saturated carbocycles. The lowest BCUT2D eigenvalue weighted by molar-refractivity contribution is 0.0930. The fraction of sp³-hybridized carbons (Fsp3) is 0.231. The predicted octanol–water partition coefficient (Wildman–Crippen LogP) is 2.02. The molecule has 4 nitrogen and oxygen atoms in total. The van der Waals surface area contributed by atoms with Crippen molar-refractivity contribution >= 4 is 32.6 Å². The third-order valence-electron chi connectivity index (χ3n) is 2.45. The Morgan fingerprint density at radius 1 is 1.56 bits per heavy atom. The first-order valence-electron chi connectivity index (χ1n) is 5.37. The molecule has 0 bridgehead atoms. The van der Waals surface area contributed by atoms with Gasteiger partial charge in [-0.05, 0) is 32.0 Å². The van der Waals surface area contributed by atoms with E-state index >= 15 is 0 Å². The number of nitrogens with two attached hydrogens (primary N) is 1. The van der Waals surface area contributed by atoms with Gasteiger partial charge in [-0.1, -0.05) is 17.3 Å². The summed E-state index contributed by atoms with van der Waals surface area (Å²) in [6, 6.07) is 5.26. The molecule has 0 saturated heterocycles. The second-order valence-electron chi connectivity index (χ2n) is 4.46. The van der Waals surface area contributed by atoms with Gasteiger partial charge in [-0.25, -0.2) is 4.98 Å². The second-order valence-corrected chi connectivity index (χ2v) is 5.52. The van der Waals surface area contributed by atoms with Crippen molar-refractivity contribution in [3.63, 3.8) is 0 Å². The van der Waals surface area contributed by atoms with Crippen molar-refractivity contribution in [2.45, 2.75) is 19.4 Å². The van der Waals surface area contributed by atoms with Gasteiger partial charge in [0.15, 0.2) is 5.13 Å². The molecular formula is C13H13N3OS. The Morgan fingerprint density at radius 3 is 2.94 bits per heavy atom. The van der Waals surface area contributed by atoms with Crippen LogP contribution in [0.1, 0.15) is 24.2 Å². The van der Waals surface area contributed by atoms with Crippen molar-refractivity contribution in [3.8, 4) is 12.3 Å². The zero-order valence-corrected chi connectivity index (χ0v) is 11.0. The van der Waals surface area contributed by atoms with E-state index in [1.807, 2.05) is 0 Å². The van der Waals surface area contributed by atoms with E-state index in [2.05, 4.69) is 16.2 Å². The van der Waals surface area contributed by atoms with Crippen LogP contribution >= 0.6 is 11.3 Å². The van der Waals surface area contributed by atoms with Gasteiger partial charge in [0.25, 0.3) is 5.91 Å². The molecule has 0 aliphatic heterocycles. The second kappa shape index (κ2) is 4.31. The summed E-state index contributed by atoms with van der Waals surface area (Å²) in [5.74, 6) is 2.32. The molecular weight excluding hydrogens is 246 g/mol. The number of terminal acetylenes is 1. The van der Waals surface area contributed by atoms with Crippen LogP contribution < -0.4 is 11.1 Å². The van der Waals surface area contributed by atoms with Crippen LogP contribution in [0.3, 0.4) is 0 Å². The molecule has 1 aromatic heterocycles. The number of rotatable bonds is 2. The maximum Gasteiger partial charge on any atom is 0.252 e. The number of nitrogens with one attached hydrogen (secondary N) is 1. The predicted molar refractivity (Wildman–Crippen MR) is 74.4 cm³/mol. The highest BCUT2D eigenvalue weighted by molar-refractivity contribution is 7.22. The Kier molecular flexibility index (Phi) is 2.97. The molecule has 0 aliphatic rings. The van der Waals surface area contributed by atoms with Crippen molar-refractivity contribution in [1.82, 2.24) is 10.3 Å². The maximum atomic E-state index is 12.0. The fourth-order valence-electron chi connectivity index (χ4n) is 1.48. The van der Waals surface area contributed by atoms with Crippen LogP contribution in [0.25, 0.3) is 10.2 Å². The summed E-state index contributed by atoms with van der Waals surface area (Å²) >= 11 is 1.35. The van der Waals surface area contributed by atoms with Crippen LogP contribution in [-0.2, 0) is 0 Å². The van der Waals surface area contributed by atoms with Crippen molar-refractivity contribution in [3.05, 3.63) is 23.8 Å². The van der Waals surface area contributed by atoms with E-state index in [-0.39, 0.29) is 5.91 Å². The minimum Gasteiger partial charge on any atom is -0.375 e. The molecule has 1 aromatic carbocycles. The Balaban J connectivity index is 2.31. The maximum absolute atomic E-state index is 12.0. The third-order valence-corrected chi connectivity index (χ3v) is 3.30. The number of nitrogens with zero attached hydrogens (tertiary/aromatic N) is 1. The Labute approximate surface area is 109 Å². The molecule has 2 aromatic rings. The first kappa shape index (κ1) is 12.4. The number of hydrogen-bond donors (Lipinski definition) is 2. The van der Waals surface area contributed by atoms with Gasteiger partial charge in [0.1, 0.15) is 0 Å². The Morgan fingerprint density at radius 2 is 2.28 bits per heavy atom. The van der Waals surface area contributed by atoms with Crippen molar-refractivity contribution < 1.29 is 4.79 Å². The van der Waals surface area contributed by atoms with Crippen LogP contribution in [0.4, 0.5) is 5.13 Å². The molecule has 3 N–H and O–H groups in total. The zero-order chi connectivity index (χ0) is 13.3. The molecule has 0 spiro atoms. The number of amides is 1. The van der Waals surface area contributed by atoms with Gasteiger partial charge in [0, 0.05) is 5.56 Å². The van der Waals surface area contributed by atoms with Gasteiger partial charge >= 0.3 is 0 Å². The number of fused-ring (bicyclic) bond motifs is 1. The van der Waals surface area contributed by atoms with Crippen LogP contribution in [0.5, 0.6) is 0 Å². The van der Waals surface area contributed by atoms with Gasteiger partial charge in [0.05, 0.1) is 15.8 Å². The summed E-state index contributed by atoms with van der Waals surface area (Å²) in [5.41, 5.74) is 6.30. The van der Waals surface area contributed by atoms with E-state index in [4.69, 9.17) is 12.2 Å². The molecule has 5 heteroatoms. The van der Waals surface area contributed by atoms with Gasteiger partial charge < -0.3 is 11.1 Å². The number of hydrogen-bond acceptors (Lipinski definition) is 4. The van der Waals surface area contributed by atoms with Crippen molar-refractivity contribution in [1.29, 1.82) is 0 Å². The average molecular weight is 259 g/mol. The minimum atomic E-state index is -0.668. The molecule has 1 amide bonds. The van der Waals surface area contributed by atoms with Gasteiger partial charge in [-0.3, -0.25) is 4.79 Å². The van der Waals surface area contributed by atoms with Gasteiger partial charge in [-0.15, -0.1) is 6.42 Å². The first-order chi connectivity index (χ1) is 8.41. The highest BCUT2D eigenvalue weighted by atomic mass is 32.1. The summed E-state index contributed by atoms with van der Waals surface area (Å²) < 4.78 is 0.888. The van der Waals surface area contributed by atoms with Crippen molar-refractivity contribution in [2.24, 2.45) is 0 Å². The number of aromatic nitrogens is 1. The quantitative estimate of drug-likeness (QED) is 0.811. The van der Waals surface area contributed by atoms with E-state index in [1.54, 1.807) is 32.0 Å². The normalized spacial score (nSPS) is 11.2. The van der Waals surface area contributed by atoms with E-state index in [0.717, 1.165) is 10.2 Å². The lowest BCUT2D eigenvalue weighted by atomic mass is 10.1. The molecule has 18 heavy (non-hydrogen) atoms. The number of carbonyl (C=O) groups is 1. The summed E-state index contributed by atoms with van der Waals surface area (Å²) in [5, 5.41) is 3.26. The van der Waals surface area contributed by atoms with E-state index in [1.165, 1.54) is 11.3 Å². The standard InChI is InChI=1S/C13H13N3OS/c1-4-13(2,3)16-11(17)8-5-6-9-10(7-8)18-12(14)15-9/h1,5-7H,2-3H3,(H2,14,15)(H,16,17). The SMILES string of the molecule is C#CC(C)(C)NC(=O)c1ccc2nc(N)sc2c1. The minimum absolute atomic E-state index is 0.202. The van der Waals surface area contributed by atoms with Crippen LogP contribution in [-0.4, -0.2) is 16.4 Å². The molecule has 0 aliphatic carbocycles. The molecule has 92 valence electrons. The Bertz CT molecular complexity index is 652. The Hall–Kier alpha value is -2.06. The van der Waals surface area contributed by atoms with Gasteiger partial charge in [0.2, 0.25) is 0 Å². The number of anilines is 1. The number of carbonyl (C=O) groups excluding carboxylic acids is 1. The topological polar surface area (TPSA) is 68.0 Å². The largest absolute Gasteiger partial charge is 0.375 e. The van der Waals surface area contributed by atoms with E-state index < -0.39 is 5.54 Å². The van der Waals surface area contributed by atoms with Gasteiger partial charge in [-0.2, -0.15) is 0 Å². The van der Waals surface area contributed by atoms with E-state index in [0.29, 0.717) is 10.7 Å². The van der Waals surface area contributed by atoms with E-state index in [9.17, 15) is 4.79 Å². The number of benzene rings is 1. The lowest BCUT2D eigenvalue weighted by Gasteiger charge is -2.19. The molecule has 0 radical (unpaired) electrons. The monoisotopic (exact) mass is 259 g/mol. The van der Waals surface area contributed by atoms with Crippen LogP contribution in [0.15, 0.2) is 18.2 Å². The highest BCUT2D eigenvalue weighted by Gasteiger charge is 2.18. The summed E-state index contributed by atoms with van der Waals surface area (Å²) in [6.45, 7) is 3.54. The molecule has 1 heterocycles. The average Bonchev–Trinajstić information content (AvgIpc) is 2.67.